The molecule has 3 nitrogen and oxygen atoms in total. The summed E-state index contributed by atoms with van der Waals surface area (Å²) >= 11 is 0. The first-order valence-corrected chi connectivity index (χ1v) is 13.7. The molecule has 1 aliphatic carbocycles. The lowest BCUT2D eigenvalue weighted by Crippen LogP contribution is -2.20. The van der Waals surface area contributed by atoms with Crippen molar-refractivity contribution in [2.45, 2.75) is 111 Å². The predicted octanol–water partition coefficient (Wildman–Crippen LogP) is 8.73. The van der Waals surface area contributed by atoms with E-state index in [1.807, 2.05) is 12.4 Å². The maximum absolute atomic E-state index is 6.27. The quantitative estimate of drug-likeness (QED) is 0.270. The molecule has 33 heavy (non-hydrogen) atoms. The first-order chi connectivity index (χ1) is 16.2. The first kappa shape index (κ1) is 25.7. The van der Waals surface area contributed by atoms with Gasteiger partial charge in [-0.1, -0.05) is 84.1 Å². The summed E-state index contributed by atoms with van der Waals surface area (Å²) in [6, 6.07) is 6.46. The van der Waals surface area contributed by atoms with Crippen molar-refractivity contribution in [3.8, 4) is 16.9 Å². The highest BCUT2D eigenvalue weighted by molar-refractivity contribution is 5.64. The van der Waals surface area contributed by atoms with E-state index in [9.17, 15) is 0 Å². The second kappa shape index (κ2) is 14.4. The molecular weight excluding hydrogens is 404 g/mol. The van der Waals surface area contributed by atoms with Gasteiger partial charge in [-0.15, -0.1) is 0 Å². The normalized spacial score (nSPS) is 18.4. The van der Waals surface area contributed by atoms with Crippen molar-refractivity contribution >= 4 is 0 Å². The molecule has 1 saturated carbocycles. The molecule has 1 fully saturated rings. The first-order valence-electron chi connectivity index (χ1n) is 13.7. The summed E-state index contributed by atoms with van der Waals surface area (Å²) in [7, 11) is 0. The topological polar surface area (TPSA) is 35.0 Å². The molecule has 0 aliphatic heterocycles. The zero-order valence-corrected chi connectivity index (χ0v) is 21.5. The van der Waals surface area contributed by atoms with Gasteiger partial charge in [-0.25, -0.2) is 9.97 Å². The summed E-state index contributed by atoms with van der Waals surface area (Å²) in [5.41, 5.74) is 3.43. The molecule has 0 spiro atoms. The molecule has 3 rings (SSSR count). The van der Waals surface area contributed by atoms with Crippen LogP contribution in [0.1, 0.15) is 109 Å². The third-order valence-electron chi connectivity index (χ3n) is 7.34. The molecule has 2 aromatic rings. The summed E-state index contributed by atoms with van der Waals surface area (Å²) in [6.07, 6.45) is 22.8. The molecule has 0 radical (unpaired) electrons. The van der Waals surface area contributed by atoms with Crippen molar-refractivity contribution in [2.75, 3.05) is 6.61 Å². The van der Waals surface area contributed by atoms with E-state index in [-0.39, 0.29) is 0 Å². The molecule has 1 aliphatic rings. The van der Waals surface area contributed by atoms with E-state index in [0.717, 1.165) is 48.1 Å². The van der Waals surface area contributed by atoms with Gasteiger partial charge in [0.2, 0.25) is 0 Å². The number of hydrogen-bond acceptors (Lipinski definition) is 3. The average molecular weight is 451 g/mol. The Kier molecular flexibility index (Phi) is 11.2. The SMILES string of the molecule is CCCCCCCCC[C@H]1CC[C@H](COc2ccc(-c3cnc(CCC)nc3)cc2C)CC1. The van der Waals surface area contributed by atoms with Crippen molar-refractivity contribution in [3.63, 3.8) is 0 Å². The summed E-state index contributed by atoms with van der Waals surface area (Å²) in [5, 5.41) is 0. The van der Waals surface area contributed by atoms with Crippen molar-refractivity contribution < 1.29 is 4.74 Å². The highest BCUT2D eigenvalue weighted by Crippen LogP contribution is 2.33. The van der Waals surface area contributed by atoms with Gasteiger partial charge < -0.3 is 4.74 Å². The number of benzene rings is 1. The van der Waals surface area contributed by atoms with Crippen molar-refractivity contribution in [3.05, 3.63) is 42.0 Å². The standard InChI is InChI=1S/C30H46N2O/c1-4-6-7-8-9-10-11-13-25-14-16-26(17-15-25)23-33-29-19-18-27(20-24(29)3)28-21-31-30(12-5-2)32-22-28/h18-22,25-26H,4-17,23H2,1-3H3/t25-,26-. The Hall–Kier alpha value is -1.90. The molecule has 0 amide bonds. The van der Waals surface area contributed by atoms with Crippen LogP contribution in [0.15, 0.2) is 30.6 Å². The minimum absolute atomic E-state index is 0.717. The number of unbranched alkanes of at least 4 members (excludes halogenated alkanes) is 6. The van der Waals surface area contributed by atoms with Crippen LogP contribution < -0.4 is 4.74 Å². The average Bonchev–Trinajstić information content (AvgIpc) is 2.84. The van der Waals surface area contributed by atoms with Crippen molar-refractivity contribution in [2.24, 2.45) is 11.8 Å². The molecular formula is C30H46N2O. The molecule has 0 bridgehead atoms. The van der Waals surface area contributed by atoms with Crippen LogP contribution in [0.3, 0.4) is 0 Å². The maximum atomic E-state index is 6.27. The largest absolute Gasteiger partial charge is 0.493 e. The van der Waals surface area contributed by atoms with Crippen LogP contribution in [-0.2, 0) is 6.42 Å². The Morgan fingerprint density at radius 2 is 1.45 bits per heavy atom. The molecule has 0 N–H and O–H groups in total. The summed E-state index contributed by atoms with van der Waals surface area (Å²) in [6.45, 7) is 7.45. The van der Waals surface area contributed by atoms with Crippen LogP contribution in [0.25, 0.3) is 11.1 Å². The van der Waals surface area contributed by atoms with E-state index in [2.05, 4.69) is 48.9 Å². The van der Waals surface area contributed by atoms with Crippen molar-refractivity contribution in [1.29, 1.82) is 0 Å². The zero-order chi connectivity index (χ0) is 23.3. The predicted molar refractivity (Wildman–Crippen MR) is 140 cm³/mol. The third-order valence-corrected chi connectivity index (χ3v) is 7.34. The fourth-order valence-electron chi connectivity index (χ4n) is 5.13. The smallest absolute Gasteiger partial charge is 0.128 e. The molecule has 0 saturated heterocycles. The van der Waals surface area contributed by atoms with Gasteiger partial charge in [0.15, 0.2) is 0 Å². The lowest BCUT2D eigenvalue weighted by Gasteiger charge is -2.28. The van der Waals surface area contributed by atoms with Gasteiger partial charge in [-0.3, -0.25) is 0 Å². The Labute approximate surface area is 202 Å². The van der Waals surface area contributed by atoms with Crippen LogP contribution in [-0.4, -0.2) is 16.6 Å². The highest BCUT2D eigenvalue weighted by atomic mass is 16.5. The Morgan fingerprint density at radius 1 is 0.788 bits per heavy atom. The van der Waals surface area contributed by atoms with Gasteiger partial charge in [-0.05, 0) is 61.3 Å². The molecule has 1 heterocycles. The number of aromatic nitrogens is 2. The summed E-state index contributed by atoms with van der Waals surface area (Å²) in [4.78, 5) is 8.99. The number of aryl methyl sites for hydroxylation is 2. The van der Waals surface area contributed by atoms with E-state index in [0.29, 0.717) is 5.92 Å². The number of nitrogens with zero attached hydrogens (tertiary/aromatic N) is 2. The fraction of sp³-hybridized carbons (Fsp3) is 0.667. The number of ether oxygens (including phenoxy) is 1. The molecule has 1 aromatic heterocycles. The highest BCUT2D eigenvalue weighted by Gasteiger charge is 2.21. The summed E-state index contributed by atoms with van der Waals surface area (Å²) < 4.78 is 6.27. The Balaban J connectivity index is 1.36. The zero-order valence-electron chi connectivity index (χ0n) is 21.5. The van der Waals surface area contributed by atoms with Gasteiger partial charge in [-0.2, -0.15) is 0 Å². The van der Waals surface area contributed by atoms with Crippen LogP contribution >= 0.6 is 0 Å². The minimum atomic E-state index is 0.717. The van der Waals surface area contributed by atoms with E-state index in [1.165, 1.54) is 82.6 Å². The van der Waals surface area contributed by atoms with E-state index in [4.69, 9.17) is 4.74 Å². The number of rotatable bonds is 14. The number of hydrogen-bond donors (Lipinski definition) is 0. The lowest BCUT2D eigenvalue weighted by molar-refractivity contribution is 0.177. The second-order valence-corrected chi connectivity index (χ2v) is 10.2. The van der Waals surface area contributed by atoms with Crippen LogP contribution in [0.5, 0.6) is 5.75 Å². The third kappa shape index (κ3) is 8.76. The van der Waals surface area contributed by atoms with E-state index in [1.54, 1.807) is 0 Å². The van der Waals surface area contributed by atoms with Gasteiger partial charge in [0, 0.05) is 24.4 Å². The van der Waals surface area contributed by atoms with Crippen LogP contribution in [0.4, 0.5) is 0 Å². The van der Waals surface area contributed by atoms with Gasteiger partial charge in [0.1, 0.15) is 11.6 Å². The Morgan fingerprint density at radius 3 is 2.12 bits per heavy atom. The molecule has 1 aromatic carbocycles. The fourth-order valence-corrected chi connectivity index (χ4v) is 5.13. The summed E-state index contributed by atoms with van der Waals surface area (Å²) in [5.74, 6) is 3.63. The maximum Gasteiger partial charge on any atom is 0.128 e. The lowest BCUT2D eigenvalue weighted by atomic mass is 9.80. The van der Waals surface area contributed by atoms with Gasteiger partial charge in [0.05, 0.1) is 6.61 Å². The van der Waals surface area contributed by atoms with Gasteiger partial charge in [0.25, 0.3) is 0 Å². The monoisotopic (exact) mass is 450 g/mol. The van der Waals surface area contributed by atoms with Crippen LogP contribution in [0, 0.1) is 18.8 Å². The van der Waals surface area contributed by atoms with E-state index < -0.39 is 0 Å². The molecule has 0 unspecified atom stereocenters. The molecule has 0 atom stereocenters. The second-order valence-electron chi connectivity index (χ2n) is 10.2. The van der Waals surface area contributed by atoms with Crippen molar-refractivity contribution in [1.82, 2.24) is 9.97 Å². The van der Waals surface area contributed by atoms with Crippen LogP contribution in [0.2, 0.25) is 0 Å². The van der Waals surface area contributed by atoms with Gasteiger partial charge >= 0.3 is 0 Å². The molecule has 182 valence electrons. The minimum Gasteiger partial charge on any atom is -0.493 e. The molecule has 3 heteroatoms. The van der Waals surface area contributed by atoms with E-state index >= 15 is 0 Å². The Bertz CT molecular complexity index is 793.